The highest BCUT2D eigenvalue weighted by molar-refractivity contribution is 7.92. The van der Waals surface area contributed by atoms with Crippen LogP contribution in [0.2, 0.25) is 0 Å². The van der Waals surface area contributed by atoms with Crippen LogP contribution >= 0.6 is 0 Å². The molecule has 0 aliphatic rings. The van der Waals surface area contributed by atoms with E-state index in [1.807, 2.05) is 0 Å². The quantitative estimate of drug-likeness (QED) is 0.133. The first-order valence-electron chi connectivity index (χ1n) is 13.5. The highest BCUT2D eigenvalue weighted by atomic mass is 32.2. The molecule has 0 unspecified atom stereocenters. The summed E-state index contributed by atoms with van der Waals surface area (Å²) in [6.07, 6.45) is 1.62. The number of aromatic nitrogens is 2. The smallest absolute Gasteiger partial charge is 0.358 e. The van der Waals surface area contributed by atoms with E-state index in [1.165, 1.54) is 37.5 Å². The van der Waals surface area contributed by atoms with E-state index in [9.17, 15) is 35.9 Å². The Morgan fingerprint density at radius 3 is 2.47 bits per heavy atom. The molecule has 0 aliphatic carbocycles. The van der Waals surface area contributed by atoms with E-state index in [1.54, 1.807) is 30.3 Å². The van der Waals surface area contributed by atoms with Crippen molar-refractivity contribution in [1.29, 1.82) is 0 Å². The third-order valence-corrected chi connectivity index (χ3v) is 9.58. The number of carboxylic acid groups (broad SMARTS) is 1. The van der Waals surface area contributed by atoms with Crippen LogP contribution in [-0.2, 0) is 32.4 Å². The van der Waals surface area contributed by atoms with Crippen LogP contribution < -0.4 is 19.5 Å². The van der Waals surface area contributed by atoms with Crippen molar-refractivity contribution in [2.75, 3.05) is 23.7 Å². The second-order valence-corrected chi connectivity index (χ2v) is 13.5. The predicted octanol–water partition coefficient (Wildman–Crippen LogP) is 2.81. The normalized spacial score (nSPS) is 11.7. The molecule has 0 radical (unpaired) electrons. The number of carbonyl (C=O) groups excluding carboxylic acids is 1. The van der Waals surface area contributed by atoms with Gasteiger partial charge in [0, 0.05) is 37.3 Å². The van der Waals surface area contributed by atoms with Gasteiger partial charge in [0.05, 0.1) is 5.75 Å². The van der Waals surface area contributed by atoms with E-state index < -0.39 is 60.8 Å². The first-order valence-corrected chi connectivity index (χ1v) is 16.7. The molecule has 0 spiro atoms. The van der Waals surface area contributed by atoms with E-state index in [-0.39, 0.29) is 48.2 Å². The number of benzene rings is 2. The summed E-state index contributed by atoms with van der Waals surface area (Å²) in [7, 11) is -7.28. The SMILES string of the molecule is CN(c1nc(C(=O)O)c(OS(=O)(=O)Cc2ccccc2)c2ncccc12)S(=O)(=O)CCCCNC(=O)c1cc(F)ccc1CN. The van der Waals surface area contributed by atoms with Crippen molar-refractivity contribution >= 4 is 48.7 Å². The lowest BCUT2D eigenvalue weighted by Crippen LogP contribution is -2.31. The van der Waals surface area contributed by atoms with Crippen molar-refractivity contribution in [3.8, 4) is 5.75 Å². The summed E-state index contributed by atoms with van der Waals surface area (Å²) in [5, 5.41) is 12.6. The first-order chi connectivity index (χ1) is 21.3. The fourth-order valence-corrected chi connectivity index (χ4v) is 6.72. The van der Waals surface area contributed by atoms with Gasteiger partial charge in [-0.2, -0.15) is 8.42 Å². The number of pyridine rings is 2. The zero-order valence-corrected chi connectivity index (χ0v) is 25.6. The Kier molecular flexibility index (Phi) is 10.3. The van der Waals surface area contributed by atoms with E-state index in [2.05, 4.69) is 15.3 Å². The van der Waals surface area contributed by atoms with Crippen molar-refractivity contribution in [2.45, 2.75) is 25.1 Å². The number of nitrogens with one attached hydrogen (secondary N) is 1. The lowest BCUT2D eigenvalue weighted by atomic mass is 10.1. The zero-order valence-electron chi connectivity index (χ0n) is 24.0. The first kappa shape index (κ1) is 33.2. The molecule has 0 saturated carbocycles. The van der Waals surface area contributed by atoms with Gasteiger partial charge in [0.15, 0.2) is 11.5 Å². The molecule has 2 aromatic carbocycles. The molecule has 16 heteroatoms. The lowest BCUT2D eigenvalue weighted by molar-refractivity contribution is 0.0688. The number of amides is 1. The molecule has 1 amide bonds. The van der Waals surface area contributed by atoms with Crippen LogP contribution in [0.3, 0.4) is 0 Å². The maximum atomic E-state index is 13.6. The molecule has 13 nitrogen and oxygen atoms in total. The number of carbonyl (C=O) groups is 2. The van der Waals surface area contributed by atoms with E-state index in [0.717, 1.165) is 10.4 Å². The second-order valence-electron chi connectivity index (χ2n) is 9.84. The molecular formula is C29H30FN5O8S2. The topological polar surface area (TPSA) is 199 Å². The van der Waals surface area contributed by atoms with Gasteiger partial charge in [-0.25, -0.2) is 22.6 Å². The maximum absolute atomic E-state index is 13.6. The summed E-state index contributed by atoms with van der Waals surface area (Å²) in [5.41, 5.74) is 5.51. The number of nitrogens with two attached hydrogens (primary N) is 1. The number of unbranched alkanes of at least 4 members (excludes halogenated alkanes) is 1. The van der Waals surface area contributed by atoms with E-state index in [0.29, 0.717) is 11.1 Å². The number of fused-ring (bicyclic) bond motifs is 1. The fourth-order valence-electron chi connectivity index (χ4n) is 4.41. The number of aromatic carboxylic acids is 1. The summed E-state index contributed by atoms with van der Waals surface area (Å²) >= 11 is 0. The molecule has 2 aromatic heterocycles. The molecule has 238 valence electrons. The average molecular weight is 660 g/mol. The minimum absolute atomic E-state index is 0.0338. The lowest BCUT2D eigenvalue weighted by Gasteiger charge is -2.21. The van der Waals surface area contributed by atoms with Gasteiger partial charge in [0.1, 0.15) is 17.1 Å². The summed E-state index contributed by atoms with van der Waals surface area (Å²) in [4.78, 5) is 32.8. The molecule has 0 saturated heterocycles. The van der Waals surface area contributed by atoms with Gasteiger partial charge >= 0.3 is 16.1 Å². The van der Waals surface area contributed by atoms with E-state index in [4.69, 9.17) is 9.92 Å². The Hall–Kier alpha value is -4.67. The number of anilines is 1. The molecule has 4 aromatic rings. The number of nitrogens with zero attached hydrogens (tertiary/aromatic N) is 3. The molecule has 2 heterocycles. The Balaban J connectivity index is 1.51. The number of halogens is 1. The van der Waals surface area contributed by atoms with Crippen LogP contribution in [0, 0.1) is 5.82 Å². The van der Waals surface area contributed by atoms with Crippen molar-refractivity contribution < 1.29 is 40.1 Å². The van der Waals surface area contributed by atoms with Gasteiger partial charge in [-0.15, -0.1) is 0 Å². The Bertz CT molecular complexity index is 1940. The van der Waals surface area contributed by atoms with Crippen molar-refractivity contribution in [1.82, 2.24) is 15.3 Å². The van der Waals surface area contributed by atoms with Crippen LogP contribution in [0.25, 0.3) is 10.9 Å². The largest absolute Gasteiger partial charge is 0.476 e. The summed E-state index contributed by atoms with van der Waals surface area (Å²) in [5.74, 6) is -4.70. The highest BCUT2D eigenvalue weighted by Crippen LogP contribution is 2.35. The Morgan fingerprint density at radius 1 is 1.04 bits per heavy atom. The van der Waals surface area contributed by atoms with Gasteiger partial charge in [-0.3, -0.25) is 14.1 Å². The Labute approximate surface area is 259 Å². The summed E-state index contributed by atoms with van der Waals surface area (Å²) in [6, 6.07) is 14.7. The predicted molar refractivity (Wildman–Crippen MR) is 164 cm³/mol. The average Bonchev–Trinajstić information content (AvgIpc) is 3.00. The van der Waals surface area contributed by atoms with Crippen LogP contribution in [0.5, 0.6) is 5.75 Å². The number of rotatable bonds is 14. The zero-order chi connectivity index (χ0) is 32.8. The van der Waals surface area contributed by atoms with Gasteiger partial charge in [-0.05, 0) is 48.2 Å². The molecule has 0 fully saturated rings. The fraction of sp³-hybridized carbons (Fsp3) is 0.241. The number of hydrogen-bond donors (Lipinski definition) is 3. The van der Waals surface area contributed by atoms with Crippen molar-refractivity contribution in [3.05, 3.63) is 95.1 Å². The van der Waals surface area contributed by atoms with E-state index >= 15 is 0 Å². The standard InChI is InChI=1S/C29H30FN5O8S2/c1-35(44(39,40)15-6-5-13-33-28(36)23-16-21(30)12-11-20(23)17-31)27-22-10-7-14-32-24(22)26(25(34-27)29(37)38)43-45(41,42)18-19-8-3-2-4-9-19/h2-4,7-12,14,16H,5-6,13,15,17-18,31H2,1H3,(H,33,36)(H,37,38). The summed E-state index contributed by atoms with van der Waals surface area (Å²) < 4.78 is 71.9. The molecule has 4 rings (SSSR count). The van der Waals surface area contributed by atoms with Gasteiger partial charge in [-0.1, -0.05) is 36.4 Å². The molecule has 45 heavy (non-hydrogen) atoms. The highest BCUT2D eigenvalue weighted by Gasteiger charge is 2.30. The number of sulfonamides is 1. The van der Waals surface area contributed by atoms with Gasteiger partial charge in [0.2, 0.25) is 15.8 Å². The number of hydrogen-bond acceptors (Lipinski definition) is 10. The van der Waals surface area contributed by atoms with Crippen LogP contribution in [0.1, 0.15) is 44.8 Å². The monoisotopic (exact) mass is 659 g/mol. The summed E-state index contributed by atoms with van der Waals surface area (Å²) in [6.45, 7) is 0.127. The molecule has 0 atom stereocenters. The maximum Gasteiger partial charge on any atom is 0.358 e. The number of carboxylic acids is 1. The van der Waals surface area contributed by atoms with Crippen LogP contribution in [0.4, 0.5) is 10.2 Å². The molecule has 0 aliphatic heterocycles. The molecule has 0 bridgehead atoms. The van der Waals surface area contributed by atoms with Crippen molar-refractivity contribution in [2.24, 2.45) is 5.73 Å². The third kappa shape index (κ3) is 8.09. The van der Waals surface area contributed by atoms with Gasteiger partial charge < -0.3 is 20.3 Å². The van der Waals surface area contributed by atoms with Gasteiger partial charge in [0.25, 0.3) is 5.91 Å². The third-order valence-electron chi connectivity index (χ3n) is 6.66. The molecular weight excluding hydrogens is 629 g/mol. The minimum atomic E-state index is -4.37. The van der Waals surface area contributed by atoms with Crippen LogP contribution in [0.15, 0.2) is 66.9 Å². The second kappa shape index (κ2) is 14.0. The minimum Gasteiger partial charge on any atom is -0.476 e. The Morgan fingerprint density at radius 2 is 1.78 bits per heavy atom. The molecule has 4 N–H and O–H groups in total. The van der Waals surface area contributed by atoms with Crippen LogP contribution in [-0.4, -0.2) is 63.1 Å². The van der Waals surface area contributed by atoms with Crippen molar-refractivity contribution in [3.63, 3.8) is 0 Å².